The van der Waals surface area contributed by atoms with E-state index in [2.05, 4.69) is 36.8 Å². The molecule has 0 aliphatic rings. The summed E-state index contributed by atoms with van der Waals surface area (Å²) in [6, 6.07) is 10.8. The van der Waals surface area contributed by atoms with Crippen LogP contribution >= 0.6 is 11.6 Å². The molecule has 0 spiro atoms. The molecule has 31 heavy (non-hydrogen) atoms. The van der Waals surface area contributed by atoms with E-state index in [0.29, 0.717) is 28.5 Å². The third kappa shape index (κ3) is 6.70. The summed E-state index contributed by atoms with van der Waals surface area (Å²) in [6.07, 6.45) is 5.16. The van der Waals surface area contributed by atoms with Gasteiger partial charge >= 0.3 is 0 Å². The summed E-state index contributed by atoms with van der Waals surface area (Å²) < 4.78 is 0. The standard InChI is InChI=1S/C26H33ClN2O2/c1-6-19(9-15-25(30)20-10-12-21(27)13-11-20)16-29(5)17-24-18(3)8-14-23(22(24)7-2)26(31)28-4/h8,10-14,17,19H,3,6-7,9,15-16H2,1-2,4-5H3,(H,28,31)/b24-17+. The van der Waals surface area contributed by atoms with Crippen molar-refractivity contribution in [3.63, 3.8) is 0 Å². The zero-order valence-corrected chi connectivity index (χ0v) is 19.8. The molecule has 2 aromatic rings. The molecule has 1 unspecified atom stereocenters. The number of Topliss-reactive ketones (excluding diaryl/α,β-unsaturated/α-hetero) is 1. The van der Waals surface area contributed by atoms with E-state index in [0.717, 1.165) is 41.8 Å². The van der Waals surface area contributed by atoms with Crippen molar-refractivity contribution in [3.05, 3.63) is 68.5 Å². The van der Waals surface area contributed by atoms with Crippen molar-refractivity contribution in [2.24, 2.45) is 5.92 Å². The van der Waals surface area contributed by atoms with Gasteiger partial charge in [-0.05, 0) is 59.9 Å². The quantitative estimate of drug-likeness (QED) is 0.567. The number of carbonyl (C=O) groups is 2. The summed E-state index contributed by atoms with van der Waals surface area (Å²) in [5.74, 6) is 0.451. The number of amides is 1. The van der Waals surface area contributed by atoms with E-state index in [1.165, 1.54) is 0 Å². The van der Waals surface area contributed by atoms with Gasteiger partial charge in [0, 0.05) is 54.6 Å². The predicted molar refractivity (Wildman–Crippen MR) is 130 cm³/mol. The molecule has 0 aliphatic heterocycles. The van der Waals surface area contributed by atoms with Crippen LogP contribution < -0.4 is 15.8 Å². The van der Waals surface area contributed by atoms with Crippen LogP contribution in [0.5, 0.6) is 0 Å². The molecule has 2 rings (SSSR count). The maximum atomic E-state index is 12.5. The molecule has 0 aromatic heterocycles. The summed E-state index contributed by atoms with van der Waals surface area (Å²) >= 11 is 5.91. The van der Waals surface area contributed by atoms with Gasteiger partial charge in [-0.2, -0.15) is 0 Å². The van der Waals surface area contributed by atoms with Crippen LogP contribution in [0.1, 0.15) is 59.4 Å². The average molecular weight is 441 g/mol. The fourth-order valence-corrected chi connectivity index (χ4v) is 3.95. The van der Waals surface area contributed by atoms with Crippen LogP contribution in [0.15, 0.2) is 36.4 Å². The molecule has 4 nitrogen and oxygen atoms in total. The minimum atomic E-state index is -0.0821. The number of halogens is 1. The minimum absolute atomic E-state index is 0.0821. The Bertz CT molecular complexity index is 1010. The highest BCUT2D eigenvalue weighted by atomic mass is 35.5. The van der Waals surface area contributed by atoms with Gasteiger partial charge in [-0.1, -0.05) is 44.5 Å². The number of hydrogen-bond acceptors (Lipinski definition) is 3. The summed E-state index contributed by atoms with van der Waals surface area (Å²) in [5, 5.41) is 5.25. The number of nitrogens with one attached hydrogen (secondary N) is 1. The smallest absolute Gasteiger partial charge is 0.251 e. The summed E-state index contributed by atoms with van der Waals surface area (Å²) in [6.45, 7) is 9.20. The highest BCUT2D eigenvalue weighted by molar-refractivity contribution is 6.30. The molecule has 0 radical (unpaired) electrons. The van der Waals surface area contributed by atoms with Crippen LogP contribution in [0.2, 0.25) is 5.02 Å². The van der Waals surface area contributed by atoms with Gasteiger partial charge in [0.2, 0.25) is 0 Å². The number of rotatable bonds is 10. The predicted octanol–water partition coefficient (Wildman–Crippen LogP) is 4.03. The molecule has 0 bridgehead atoms. The fraction of sp³-hybridized carbons (Fsp3) is 0.385. The van der Waals surface area contributed by atoms with Gasteiger partial charge in [0.1, 0.15) is 0 Å². The molecule has 1 atom stereocenters. The molecular weight excluding hydrogens is 408 g/mol. The molecule has 0 saturated carbocycles. The van der Waals surface area contributed by atoms with Gasteiger partial charge in [-0.25, -0.2) is 0 Å². The lowest BCUT2D eigenvalue weighted by atomic mass is 9.96. The second-order valence-corrected chi connectivity index (χ2v) is 8.35. The van der Waals surface area contributed by atoms with Crippen molar-refractivity contribution in [3.8, 4) is 0 Å². The van der Waals surface area contributed by atoms with Crippen LogP contribution in [0.4, 0.5) is 0 Å². The first-order valence-corrected chi connectivity index (χ1v) is 11.2. The topological polar surface area (TPSA) is 49.4 Å². The number of hydrogen-bond donors (Lipinski definition) is 1. The lowest BCUT2D eigenvalue weighted by Gasteiger charge is -2.22. The Morgan fingerprint density at radius 2 is 1.84 bits per heavy atom. The molecular formula is C26H33ClN2O2. The number of carbonyl (C=O) groups excluding carboxylic acids is 2. The summed E-state index contributed by atoms with van der Waals surface area (Å²) in [7, 11) is 3.68. The summed E-state index contributed by atoms with van der Waals surface area (Å²) in [4.78, 5) is 26.9. The van der Waals surface area contributed by atoms with Crippen molar-refractivity contribution in [2.75, 3.05) is 20.6 Å². The zero-order chi connectivity index (χ0) is 23.0. The van der Waals surface area contributed by atoms with Crippen LogP contribution in [0.25, 0.3) is 12.8 Å². The van der Waals surface area contributed by atoms with Gasteiger partial charge in [0.15, 0.2) is 5.78 Å². The van der Waals surface area contributed by atoms with E-state index in [1.807, 2.05) is 19.2 Å². The second kappa shape index (κ2) is 11.7. The molecule has 166 valence electrons. The Labute approximate surface area is 190 Å². The first kappa shape index (κ1) is 24.7. The highest BCUT2D eigenvalue weighted by Crippen LogP contribution is 2.17. The van der Waals surface area contributed by atoms with Crippen molar-refractivity contribution in [1.82, 2.24) is 10.2 Å². The Hall–Kier alpha value is -2.59. The molecule has 1 N–H and O–H groups in total. The molecule has 1 amide bonds. The first-order chi connectivity index (χ1) is 14.8. The Morgan fingerprint density at radius 3 is 2.42 bits per heavy atom. The maximum absolute atomic E-state index is 12.5. The van der Waals surface area contributed by atoms with Crippen LogP contribution in [-0.4, -0.2) is 37.2 Å². The van der Waals surface area contributed by atoms with Crippen molar-refractivity contribution < 1.29 is 9.59 Å². The van der Waals surface area contributed by atoms with Crippen molar-refractivity contribution in [2.45, 2.75) is 39.5 Å². The lowest BCUT2D eigenvalue weighted by Crippen LogP contribution is -2.35. The van der Waals surface area contributed by atoms with E-state index in [9.17, 15) is 9.59 Å². The van der Waals surface area contributed by atoms with Gasteiger partial charge in [-0.15, -0.1) is 0 Å². The highest BCUT2D eigenvalue weighted by Gasteiger charge is 2.14. The lowest BCUT2D eigenvalue weighted by molar-refractivity contribution is 0.0957. The van der Waals surface area contributed by atoms with Gasteiger partial charge < -0.3 is 10.2 Å². The van der Waals surface area contributed by atoms with E-state index in [4.69, 9.17) is 11.6 Å². The van der Waals surface area contributed by atoms with E-state index in [1.54, 1.807) is 31.3 Å². The zero-order valence-electron chi connectivity index (χ0n) is 19.0. The molecule has 0 fully saturated rings. The number of nitrogens with zero attached hydrogens (tertiary/aromatic N) is 1. The third-order valence-corrected chi connectivity index (χ3v) is 5.94. The van der Waals surface area contributed by atoms with Crippen LogP contribution in [0, 0.1) is 5.92 Å². The van der Waals surface area contributed by atoms with Gasteiger partial charge in [0.05, 0.1) is 0 Å². The number of benzene rings is 2. The Morgan fingerprint density at radius 1 is 1.16 bits per heavy atom. The first-order valence-electron chi connectivity index (χ1n) is 10.8. The van der Waals surface area contributed by atoms with E-state index in [-0.39, 0.29) is 11.7 Å². The van der Waals surface area contributed by atoms with E-state index >= 15 is 0 Å². The third-order valence-electron chi connectivity index (χ3n) is 5.69. The molecule has 0 aliphatic carbocycles. The molecule has 5 heteroatoms. The van der Waals surface area contributed by atoms with Gasteiger partial charge in [0.25, 0.3) is 5.91 Å². The summed E-state index contributed by atoms with van der Waals surface area (Å²) in [5.41, 5.74) is 2.40. The molecule has 2 aromatic carbocycles. The van der Waals surface area contributed by atoms with Crippen LogP contribution in [-0.2, 0) is 6.42 Å². The average Bonchev–Trinajstić information content (AvgIpc) is 2.77. The van der Waals surface area contributed by atoms with Crippen LogP contribution in [0.3, 0.4) is 0 Å². The fourth-order valence-electron chi connectivity index (χ4n) is 3.82. The largest absolute Gasteiger partial charge is 0.380 e. The van der Waals surface area contributed by atoms with E-state index < -0.39 is 0 Å². The SMILES string of the molecule is C=c1ccc(C(=O)NC)c(CC)/c1=C/N(C)CC(CC)CCC(=O)c1ccc(Cl)cc1. The normalized spacial score (nSPS) is 12.5. The Balaban J connectivity index is 2.14. The monoisotopic (exact) mass is 440 g/mol. The molecule has 0 saturated heterocycles. The van der Waals surface area contributed by atoms with Crippen molar-refractivity contribution >= 4 is 36.1 Å². The van der Waals surface area contributed by atoms with Crippen molar-refractivity contribution in [1.29, 1.82) is 0 Å². The maximum Gasteiger partial charge on any atom is 0.251 e. The number of ketones is 1. The molecule has 0 heterocycles. The minimum Gasteiger partial charge on any atom is -0.380 e. The van der Waals surface area contributed by atoms with Gasteiger partial charge in [-0.3, -0.25) is 9.59 Å². The second-order valence-electron chi connectivity index (χ2n) is 7.91. The Kier molecular flexibility index (Phi) is 9.32.